The lowest BCUT2D eigenvalue weighted by atomic mass is 10.0. The smallest absolute Gasteiger partial charge is 0.244 e. The number of aromatic nitrogens is 1. The molecule has 0 fully saturated rings. The molecule has 0 amide bonds. The third kappa shape index (κ3) is 2.75. The van der Waals surface area contributed by atoms with Crippen molar-refractivity contribution in [2.24, 2.45) is 0 Å². The second-order valence-electron chi connectivity index (χ2n) is 6.48. The number of hydrogen-bond acceptors (Lipinski definition) is 2. The molecular formula is C20H19FN2O2S. The van der Waals surface area contributed by atoms with Crippen molar-refractivity contribution in [3.63, 3.8) is 0 Å². The third-order valence-corrected chi connectivity index (χ3v) is 6.70. The van der Waals surface area contributed by atoms with Crippen LogP contribution >= 0.6 is 0 Å². The zero-order valence-corrected chi connectivity index (χ0v) is 15.2. The average molecular weight is 370 g/mol. The van der Waals surface area contributed by atoms with Crippen molar-refractivity contribution in [2.75, 3.05) is 6.54 Å². The van der Waals surface area contributed by atoms with E-state index < -0.39 is 21.9 Å². The zero-order chi connectivity index (χ0) is 18.3. The van der Waals surface area contributed by atoms with Crippen LogP contribution in [0.15, 0.2) is 71.8 Å². The van der Waals surface area contributed by atoms with Crippen molar-refractivity contribution >= 4 is 10.0 Å². The van der Waals surface area contributed by atoms with E-state index in [2.05, 4.69) is 0 Å². The minimum absolute atomic E-state index is 0.226. The van der Waals surface area contributed by atoms with Crippen molar-refractivity contribution in [3.8, 4) is 0 Å². The molecule has 0 bridgehead atoms. The van der Waals surface area contributed by atoms with Crippen LogP contribution in [0.5, 0.6) is 0 Å². The van der Waals surface area contributed by atoms with Crippen molar-refractivity contribution in [2.45, 2.75) is 24.4 Å². The fraction of sp³-hybridized carbons (Fsp3) is 0.200. The van der Waals surface area contributed by atoms with Crippen LogP contribution in [0.3, 0.4) is 0 Å². The van der Waals surface area contributed by atoms with E-state index in [1.807, 2.05) is 29.8 Å². The van der Waals surface area contributed by atoms with Gasteiger partial charge < -0.3 is 4.57 Å². The molecule has 0 saturated carbocycles. The van der Waals surface area contributed by atoms with E-state index in [9.17, 15) is 12.8 Å². The molecule has 1 atom stereocenters. The Labute approximate surface area is 152 Å². The van der Waals surface area contributed by atoms with Crippen molar-refractivity contribution in [1.29, 1.82) is 0 Å². The Hall–Kier alpha value is -2.44. The van der Waals surface area contributed by atoms with E-state index in [-0.39, 0.29) is 11.4 Å². The van der Waals surface area contributed by atoms with Crippen LogP contribution in [0.4, 0.5) is 4.39 Å². The maximum atomic E-state index is 14.6. The van der Waals surface area contributed by atoms with Gasteiger partial charge in [-0.15, -0.1) is 0 Å². The molecule has 0 N–H and O–H groups in total. The summed E-state index contributed by atoms with van der Waals surface area (Å²) in [4.78, 5) is 0.226. The molecule has 0 saturated heterocycles. The molecule has 1 aliphatic heterocycles. The lowest BCUT2D eigenvalue weighted by molar-refractivity contribution is 0.293. The Morgan fingerprint density at radius 1 is 0.962 bits per heavy atom. The van der Waals surface area contributed by atoms with E-state index in [1.54, 1.807) is 42.5 Å². The molecule has 26 heavy (non-hydrogen) atoms. The molecular weight excluding hydrogens is 351 g/mol. The van der Waals surface area contributed by atoms with Gasteiger partial charge in [-0.1, -0.05) is 35.9 Å². The summed E-state index contributed by atoms with van der Waals surface area (Å²) in [5, 5.41) is 0. The van der Waals surface area contributed by atoms with Crippen LogP contribution in [0.25, 0.3) is 0 Å². The molecule has 1 aromatic heterocycles. The molecule has 0 unspecified atom stereocenters. The van der Waals surface area contributed by atoms with Gasteiger partial charge in [0.05, 0.1) is 10.9 Å². The SMILES string of the molecule is Cc1ccc(S(=O)(=O)N2CCn3cccc3[C@@H]2c2ccccc2F)cc1. The second kappa shape index (κ2) is 6.37. The highest BCUT2D eigenvalue weighted by molar-refractivity contribution is 7.89. The molecule has 0 spiro atoms. The van der Waals surface area contributed by atoms with E-state index >= 15 is 0 Å². The number of sulfonamides is 1. The van der Waals surface area contributed by atoms with Crippen LogP contribution in [0.2, 0.25) is 0 Å². The van der Waals surface area contributed by atoms with Gasteiger partial charge in [-0.3, -0.25) is 0 Å². The summed E-state index contributed by atoms with van der Waals surface area (Å²) in [5.41, 5.74) is 2.13. The Balaban J connectivity index is 1.87. The maximum Gasteiger partial charge on any atom is 0.244 e. The van der Waals surface area contributed by atoms with Gasteiger partial charge in [0.25, 0.3) is 0 Å². The monoisotopic (exact) mass is 370 g/mol. The van der Waals surface area contributed by atoms with Gasteiger partial charge in [-0.25, -0.2) is 12.8 Å². The van der Waals surface area contributed by atoms with Gasteiger partial charge in [-0.05, 0) is 37.3 Å². The number of rotatable bonds is 3. The number of halogens is 1. The third-order valence-electron chi connectivity index (χ3n) is 4.82. The predicted octanol–water partition coefficient (Wildman–Crippen LogP) is 3.73. The molecule has 4 nitrogen and oxygen atoms in total. The van der Waals surface area contributed by atoms with Crippen LogP contribution in [0, 0.1) is 12.7 Å². The Kier molecular flexibility index (Phi) is 4.17. The van der Waals surface area contributed by atoms with Crippen molar-refractivity contribution in [1.82, 2.24) is 8.87 Å². The van der Waals surface area contributed by atoms with Gasteiger partial charge in [0, 0.05) is 30.5 Å². The quantitative estimate of drug-likeness (QED) is 0.705. The highest BCUT2D eigenvalue weighted by Crippen LogP contribution is 2.37. The first-order valence-electron chi connectivity index (χ1n) is 8.46. The van der Waals surface area contributed by atoms with E-state index in [1.165, 1.54) is 10.4 Å². The number of fused-ring (bicyclic) bond motifs is 1. The van der Waals surface area contributed by atoms with E-state index in [4.69, 9.17) is 0 Å². The number of aryl methyl sites for hydroxylation is 1. The van der Waals surface area contributed by atoms with Gasteiger partial charge in [0.1, 0.15) is 5.82 Å². The van der Waals surface area contributed by atoms with Crippen LogP contribution in [-0.4, -0.2) is 23.8 Å². The van der Waals surface area contributed by atoms with Gasteiger partial charge >= 0.3 is 0 Å². The Morgan fingerprint density at radius 2 is 1.69 bits per heavy atom. The predicted molar refractivity (Wildman–Crippen MR) is 97.7 cm³/mol. The molecule has 134 valence electrons. The zero-order valence-electron chi connectivity index (χ0n) is 14.3. The first-order chi connectivity index (χ1) is 12.5. The molecule has 3 aromatic rings. The molecule has 2 aromatic carbocycles. The standard InChI is InChI=1S/C20H19FN2O2S/c1-15-8-10-16(11-9-15)26(24,25)23-14-13-22-12-4-7-19(22)20(23)17-5-2-3-6-18(17)21/h2-12,20H,13-14H2,1H3/t20-/m0/s1. The molecule has 0 radical (unpaired) electrons. The summed E-state index contributed by atoms with van der Waals surface area (Å²) in [6, 6.07) is 16.2. The largest absolute Gasteiger partial charge is 0.348 e. The lowest BCUT2D eigenvalue weighted by Gasteiger charge is -2.36. The second-order valence-corrected chi connectivity index (χ2v) is 8.37. The van der Waals surface area contributed by atoms with Crippen LogP contribution in [0.1, 0.15) is 22.9 Å². The fourth-order valence-electron chi connectivity index (χ4n) is 3.48. The van der Waals surface area contributed by atoms with Gasteiger partial charge in [0.15, 0.2) is 0 Å². The van der Waals surface area contributed by atoms with Crippen molar-refractivity contribution in [3.05, 3.63) is 89.5 Å². The van der Waals surface area contributed by atoms with E-state index in [0.717, 1.165) is 11.3 Å². The number of nitrogens with zero attached hydrogens (tertiary/aromatic N) is 2. The minimum Gasteiger partial charge on any atom is -0.348 e. The Bertz CT molecular complexity index is 1040. The first kappa shape index (κ1) is 17.0. The molecule has 1 aliphatic rings. The minimum atomic E-state index is -3.76. The summed E-state index contributed by atoms with van der Waals surface area (Å²) in [5.74, 6) is -0.406. The normalized spacial score (nSPS) is 17.8. The highest BCUT2D eigenvalue weighted by Gasteiger charge is 2.38. The lowest BCUT2D eigenvalue weighted by Crippen LogP contribution is -2.42. The summed E-state index contributed by atoms with van der Waals surface area (Å²) in [6.45, 7) is 2.74. The van der Waals surface area contributed by atoms with Gasteiger partial charge in [0.2, 0.25) is 10.0 Å². The average Bonchev–Trinajstić information content (AvgIpc) is 3.10. The summed E-state index contributed by atoms with van der Waals surface area (Å²) < 4.78 is 44.6. The molecule has 4 rings (SSSR count). The number of hydrogen-bond donors (Lipinski definition) is 0. The summed E-state index contributed by atoms with van der Waals surface area (Å²) >= 11 is 0. The van der Waals surface area contributed by atoms with E-state index in [0.29, 0.717) is 12.1 Å². The molecule has 2 heterocycles. The Morgan fingerprint density at radius 3 is 2.42 bits per heavy atom. The maximum absolute atomic E-state index is 14.6. The molecule has 6 heteroatoms. The van der Waals surface area contributed by atoms with Gasteiger partial charge in [-0.2, -0.15) is 4.31 Å². The highest BCUT2D eigenvalue weighted by atomic mass is 32.2. The molecule has 0 aliphatic carbocycles. The van der Waals surface area contributed by atoms with Crippen LogP contribution in [-0.2, 0) is 16.6 Å². The van der Waals surface area contributed by atoms with Crippen molar-refractivity contribution < 1.29 is 12.8 Å². The van der Waals surface area contributed by atoms with Crippen LogP contribution < -0.4 is 0 Å². The summed E-state index contributed by atoms with van der Waals surface area (Å²) in [6.07, 6.45) is 1.90. The first-order valence-corrected chi connectivity index (χ1v) is 9.90. The topological polar surface area (TPSA) is 42.3 Å². The number of benzene rings is 2. The summed E-state index contributed by atoms with van der Waals surface area (Å²) in [7, 11) is -3.76. The fourth-order valence-corrected chi connectivity index (χ4v) is 5.05.